The number of allylic oxidation sites excluding steroid dienone is 1. The Balaban J connectivity index is 1.57. The van der Waals surface area contributed by atoms with Gasteiger partial charge in [-0.1, -0.05) is 6.08 Å². The maximum atomic E-state index is 13.2. The number of nitriles is 1. The minimum Gasteiger partial charge on any atom is -0.474 e. The van der Waals surface area contributed by atoms with E-state index in [0.717, 1.165) is 45.2 Å². The van der Waals surface area contributed by atoms with Crippen LogP contribution >= 0.6 is 0 Å². The highest BCUT2D eigenvalue weighted by molar-refractivity contribution is 5.18. The molecule has 1 aromatic rings. The second-order valence-corrected chi connectivity index (χ2v) is 9.04. The zero-order valence-electron chi connectivity index (χ0n) is 18.2. The van der Waals surface area contributed by atoms with Gasteiger partial charge >= 0.3 is 6.18 Å². The van der Waals surface area contributed by atoms with Gasteiger partial charge in [-0.05, 0) is 46.2 Å². The van der Waals surface area contributed by atoms with Crippen LogP contribution in [0.3, 0.4) is 0 Å². The summed E-state index contributed by atoms with van der Waals surface area (Å²) in [6.45, 7) is 5.89. The lowest BCUT2D eigenvalue weighted by molar-refractivity contribution is -0.145. The van der Waals surface area contributed by atoms with Gasteiger partial charge in [0.2, 0.25) is 11.7 Å². The molecule has 31 heavy (non-hydrogen) atoms. The van der Waals surface area contributed by atoms with E-state index in [0.29, 0.717) is 12.5 Å². The van der Waals surface area contributed by atoms with Gasteiger partial charge in [0, 0.05) is 43.6 Å². The lowest BCUT2D eigenvalue weighted by Crippen LogP contribution is -2.60. The fraction of sp³-hybridized carbons (Fsp3) is 0.682. The third kappa shape index (κ3) is 5.95. The molecule has 6 nitrogen and oxygen atoms in total. The number of aromatic nitrogens is 2. The molecule has 2 heterocycles. The van der Waals surface area contributed by atoms with Gasteiger partial charge in [-0.25, -0.2) is 4.98 Å². The van der Waals surface area contributed by atoms with Gasteiger partial charge < -0.3 is 9.64 Å². The summed E-state index contributed by atoms with van der Waals surface area (Å²) in [6, 6.07) is 4.22. The highest BCUT2D eigenvalue weighted by Crippen LogP contribution is 2.41. The fourth-order valence-electron chi connectivity index (χ4n) is 4.62. The van der Waals surface area contributed by atoms with Crippen LogP contribution in [-0.4, -0.2) is 59.1 Å². The van der Waals surface area contributed by atoms with Gasteiger partial charge in [-0.3, -0.25) is 4.90 Å². The summed E-state index contributed by atoms with van der Waals surface area (Å²) in [4.78, 5) is 11.4. The van der Waals surface area contributed by atoms with E-state index >= 15 is 0 Å². The van der Waals surface area contributed by atoms with Crippen LogP contribution in [0.5, 0.6) is 5.88 Å². The first-order valence-corrected chi connectivity index (χ1v) is 10.6. The molecule has 9 heteroatoms. The second-order valence-electron chi connectivity index (χ2n) is 9.04. The summed E-state index contributed by atoms with van der Waals surface area (Å²) in [5, 5.41) is 9.10. The monoisotopic (exact) mass is 437 g/mol. The Morgan fingerprint density at radius 3 is 2.52 bits per heavy atom. The number of nitrogens with zero attached hydrogens (tertiary/aromatic N) is 5. The summed E-state index contributed by atoms with van der Waals surface area (Å²) in [5.41, 5.74) is 0.314. The predicted octanol–water partition coefficient (Wildman–Crippen LogP) is 4.04. The lowest BCUT2D eigenvalue weighted by atomic mass is 9.72. The zero-order valence-corrected chi connectivity index (χ0v) is 18.2. The van der Waals surface area contributed by atoms with Gasteiger partial charge in [-0.15, -0.1) is 6.58 Å². The summed E-state index contributed by atoms with van der Waals surface area (Å²) in [7, 11) is 3.54. The van der Waals surface area contributed by atoms with E-state index in [1.54, 1.807) is 19.0 Å². The molecular weight excluding hydrogens is 407 g/mol. The molecule has 2 fully saturated rings. The molecule has 1 aliphatic heterocycles. The van der Waals surface area contributed by atoms with Gasteiger partial charge in [0.25, 0.3) is 0 Å². The molecule has 0 amide bonds. The van der Waals surface area contributed by atoms with Gasteiger partial charge in [0.05, 0.1) is 11.8 Å². The molecule has 0 N–H and O–H groups in total. The number of rotatable bonds is 8. The van der Waals surface area contributed by atoms with Crippen molar-refractivity contribution in [1.82, 2.24) is 19.8 Å². The van der Waals surface area contributed by atoms with Crippen molar-refractivity contribution in [3.05, 3.63) is 30.2 Å². The van der Waals surface area contributed by atoms with E-state index in [2.05, 4.69) is 27.5 Å². The Labute approximate surface area is 181 Å². The van der Waals surface area contributed by atoms with Crippen LogP contribution in [-0.2, 0) is 12.7 Å². The van der Waals surface area contributed by atoms with Crippen LogP contribution in [0.25, 0.3) is 0 Å². The lowest BCUT2D eigenvalue weighted by Gasteiger charge is -2.53. The van der Waals surface area contributed by atoms with Crippen molar-refractivity contribution in [2.45, 2.75) is 63.4 Å². The van der Waals surface area contributed by atoms with Crippen LogP contribution < -0.4 is 4.74 Å². The van der Waals surface area contributed by atoms with E-state index in [1.165, 1.54) is 6.07 Å². The van der Waals surface area contributed by atoms with Gasteiger partial charge in [0.1, 0.15) is 6.10 Å². The highest BCUT2D eigenvalue weighted by Gasteiger charge is 2.45. The largest absolute Gasteiger partial charge is 0.474 e. The molecule has 0 unspecified atom stereocenters. The molecule has 0 bridgehead atoms. The number of alkyl halides is 3. The SMILES string of the molecule is C=CCC1(CC#N)CN(C2CCC(Oc3cc(CN(C)C)nc(C(F)(F)F)n3)CC2)C1. The number of hydrogen-bond acceptors (Lipinski definition) is 6. The molecular formula is C22H30F3N5O. The van der Waals surface area contributed by atoms with Crippen molar-refractivity contribution in [3.8, 4) is 11.9 Å². The summed E-state index contributed by atoms with van der Waals surface area (Å²) < 4.78 is 45.5. The van der Waals surface area contributed by atoms with E-state index in [-0.39, 0.29) is 29.6 Å². The van der Waals surface area contributed by atoms with Gasteiger partial charge in [-0.2, -0.15) is 23.4 Å². The Kier molecular flexibility index (Phi) is 7.22. The first-order chi connectivity index (χ1) is 14.6. The van der Waals surface area contributed by atoms with E-state index < -0.39 is 12.0 Å². The van der Waals surface area contributed by atoms with Crippen molar-refractivity contribution < 1.29 is 17.9 Å². The van der Waals surface area contributed by atoms with Crippen LogP contribution in [0.2, 0.25) is 0 Å². The fourth-order valence-corrected chi connectivity index (χ4v) is 4.62. The number of hydrogen-bond donors (Lipinski definition) is 0. The molecule has 170 valence electrons. The molecule has 1 aromatic heterocycles. The van der Waals surface area contributed by atoms with Crippen LogP contribution in [0, 0.1) is 16.7 Å². The first kappa shape index (κ1) is 23.5. The Bertz CT molecular complexity index is 806. The van der Waals surface area contributed by atoms with Crippen molar-refractivity contribution in [1.29, 1.82) is 5.26 Å². The number of likely N-dealkylation sites (tertiary alicyclic amines) is 1. The zero-order chi connectivity index (χ0) is 22.6. The Morgan fingerprint density at radius 1 is 1.29 bits per heavy atom. The molecule has 0 atom stereocenters. The Morgan fingerprint density at radius 2 is 1.97 bits per heavy atom. The van der Waals surface area contributed by atoms with E-state index in [9.17, 15) is 13.2 Å². The standard InChI is InChI=1S/C22H30F3N5O/c1-4-9-21(10-11-26)14-30(15-21)17-5-7-18(8-6-17)31-19-12-16(13-29(2)3)27-20(28-19)22(23,24)25/h4,12,17-18H,1,5-10,13-15H2,2-3H3. The molecule has 2 aliphatic rings. The topological polar surface area (TPSA) is 65.3 Å². The molecule has 0 spiro atoms. The minimum absolute atomic E-state index is 0.00871. The average Bonchev–Trinajstić information content (AvgIpc) is 2.65. The Hall–Kier alpha value is -2.18. The summed E-state index contributed by atoms with van der Waals surface area (Å²) >= 11 is 0. The average molecular weight is 438 g/mol. The molecule has 0 aromatic carbocycles. The third-order valence-electron chi connectivity index (χ3n) is 6.04. The smallest absolute Gasteiger partial charge is 0.451 e. The van der Waals surface area contributed by atoms with Crippen molar-refractivity contribution >= 4 is 0 Å². The van der Waals surface area contributed by atoms with Gasteiger partial charge in [0.15, 0.2) is 0 Å². The first-order valence-electron chi connectivity index (χ1n) is 10.6. The summed E-state index contributed by atoms with van der Waals surface area (Å²) in [6.07, 6.45) is 1.88. The number of ether oxygens (including phenoxy) is 1. The van der Waals surface area contributed by atoms with Crippen molar-refractivity contribution in [3.63, 3.8) is 0 Å². The van der Waals surface area contributed by atoms with E-state index in [1.807, 2.05) is 6.08 Å². The third-order valence-corrected chi connectivity index (χ3v) is 6.04. The molecule has 1 aliphatic carbocycles. The van der Waals surface area contributed by atoms with Crippen LogP contribution in [0.1, 0.15) is 50.0 Å². The van der Waals surface area contributed by atoms with Crippen molar-refractivity contribution in [2.75, 3.05) is 27.2 Å². The van der Waals surface area contributed by atoms with E-state index in [4.69, 9.17) is 10.00 Å². The van der Waals surface area contributed by atoms with Crippen LogP contribution in [0.15, 0.2) is 18.7 Å². The number of halogens is 3. The molecule has 1 saturated carbocycles. The predicted molar refractivity (Wildman–Crippen MR) is 110 cm³/mol. The molecule has 1 saturated heterocycles. The summed E-state index contributed by atoms with van der Waals surface area (Å²) in [5.74, 6) is -1.17. The quantitative estimate of drug-likeness (QED) is 0.572. The van der Waals surface area contributed by atoms with Crippen LogP contribution in [0.4, 0.5) is 13.2 Å². The normalized spacial score (nSPS) is 23.8. The molecule has 3 rings (SSSR count). The second kappa shape index (κ2) is 9.53. The molecule has 0 radical (unpaired) electrons. The van der Waals surface area contributed by atoms with Crippen molar-refractivity contribution in [2.24, 2.45) is 5.41 Å². The highest BCUT2D eigenvalue weighted by atomic mass is 19.4. The maximum absolute atomic E-state index is 13.2. The maximum Gasteiger partial charge on any atom is 0.451 e. The minimum atomic E-state index is -4.61.